The van der Waals surface area contributed by atoms with Crippen molar-refractivity contribution in [3.8, 4) is 0 Å². The van der Waals surface area contributed by atoms with Crippen molar-refractivity contribution in [3.63, 3.8) is 0 Å². The third kappa shape index (κ3) is 4.02. The van der Waals surface area contributed by atoms with E-state index in [4.69, 9.17) is 0 Å². The maximum atomic E-state index is 10.9. The van der Waals surface area contributed by atoms with Crippen LogP contribution in [0.1, 0.15) is 6.92 Å². The summed E-state index contributed by atoms with van der Waals surface area (Å²) >= 11 is 0. The molecule has 0 saturated heterocycles. The van der Waals surface area contributed by atoms with Gasteiger partial charge in [-0.1, -0.05) is 18.7 Å². The second-order valence-electron chi connectivity index (χ2n) is 3.73. The molecule has 0 aliphatic rings. The number of non-ortho nitro benzene ring substituents is 1. The molecule has 20 heavy (non-hydrogen) atoms. The maximum Gasteiger partial charge on any atom is 0.301 e. The van der Waals surface area contributed by atoms with E-state index in [-0.39, 0.29) is 11.4 Å². The Labute approximate surface area is 114 Å². The molecule has 0 spiro atoms. The fourth-order valence-corrected chi connectivity index (χ4v) is 1.31. The molecule has 0 heterocycles. The Hall–Kier alpha value is -3.03. The van der Waals surface area contributed by atoms with Crippen LogP contribution >= 0.6 is 0 Å². The average molecular weight is 276 g/mol. The smallest absolute Gasteiger partial charge is 0.272 e. The summed E-state index contributed by atoms with van der Waals surface area (Å²) in [5.41, 5.74) is 2.57. The Morgan fingerprint density at radius 2 is 2.05 bits per heavy atom. The van der Waals surface area contributed by atoms with Crippen LogP contribution in [0.4, 0.5) is 17.1 Å². The van der Waals surface area contributed by atoms with Crippen LogP contribution in [0.3, 0.4) is 0 Å². The van der Waals surface area contributed by atoms with Gasteiger partial charge in [-0.25, -0.2) is 0 Å². The minimum Gasteiger partial charge on any atom is -0.272 e. The Kier molecular flexibility index (Phi) is 5.10. The van der Waals surface area contributed by atoms with Crippen LogP contribution in [0.5, 0.6) is 0 Å². The SMILES string of the molecule is C=C/C=C(C)/C=N/Nc1ccc([N+](=O)[O-])cc1[N+](=O)[O-]. The molecule has 0 bridgehead atoms. The molecular formula is C12H12N4O4. The van der Waals surface area contributed by atoms with E-state index in [1.807, 2.05) is 0 Å². The van der Waals surface area contributed by atoms with Crippen LogP contribution in [-0.4, -0.2) is 16.1 Å². The van der Waals surface area contributed by atoms with Crippen LogP contribution in [0.25, 0.3) is 0 Å². The van der Waals surface area contributed by atoms with Gasteiger partial charge in [0.1, 0.15) is 5.69 Å². The Morgan fingerprint density at radius 1 is 1.35 bits per heavy atom. The standard InChI is InChI=1S/C12H12N4O4/c1-3-4-9(2)8-13-14-11-6-5-10(15(17)18)7-12(11)16(19)20/h3-8,14H,1H2,2H3/b9-4+,13-8+. The summed E-state index contributed by atoms with van der Waals surface area (Å²) in [4.78, 5) is 20.0. The number of rotatable bonds is 6. The number of nitro benzene ring substituents is 2. The second kappa shape index (κ2) is 6.78. The van der Waals surface area contributed by atoms with Crippen molar-refractivity contribution in [1.29, 1.82) is 0 Å². The minimum atomic E-state index is -0.711. The lowest BCUT2D eigenvalue weighted by Gasteiger charge is -2.01. The average Bonchev–Trinajstić information content (AvgIpc) is 2.38. The summed E-state index contributed by atoms with van der Waals surface area (Å²) in [7, 11) is 0. The Balaban J connectivity index is 3.01. The molecule has 1 rings (SSSR count). The lowest BCUT2D eigenvalue weighted by Crippen LogP contribution is -1.98. The van der Waals surface area contributed by atoms with Gasteiger partial charge in [-0.05, 0) is 18.6 Å². The number of hydrazone groups is 1. The summed E-state index contributed by atoms with van der Waals surface area (Å²) in [6.07, 6.45) is 4.73. The first-order chi connectivity index (χ1) is 9.45. The van der Waals surface area contributed by atoms with Gasteiger partial charge < -0.3 is 0 Å². The number of nitrogens with zero attached hydrogens (tertiary/aromatic N) is 3. The predicted octanol–water partition coefficient (Wildman–Crippen LogP) is 3.03. The topological polar surface area (TPSA) is 111 Å². The molecule has 1 aromatic carbocycles. The summed E-state index contributed by atoms with van der Waals surface area (Å²) in [5.74, 6) is 0. The lowest BCUT2D eigenvalue weighted by molar-refractivity contribution is -0.393. The van der Waals surface area contributed by atoms with Gasteiger partial charge in [0, 0.05) is 6.07 Å². The molecule has 1 aromatic rings. The first-order valence-corrected chi connectivity index (χ1v) is 5.47. The molecule has 8 heteroatoms. The van der Waals surface area contributed by atoms with Crippen LogP contribution in [0, 0.1) is 20.2 Å². The van der Waals surface area contributed by atoms with E-state index in [1.54, 1.807) is 19.1 Å². The van der Waals surface area contributed by atoms with Gasteiger partial charge in [0.2, 0.25) is 0 Å². The monoisotopic (exact) mass is 276 g/mol. The van der Waals surface area contributed by atoms with Crippen molar-refractivity contribution in [2.75, 3.05) is 5.43 Å². The maximum absolute atomic E-state index is 10.9. The highest BCUT2D eigenvalue weighted by molar-refractivity contribution is 5.79. The number of hydrogen-bond acceptors (Lipinski definition) is 6. The largest absolute Gasteiger partial charge is 0.301 e. The first kappa shape index (κ1) is 15.0. The number of hydrogen-bond donors (Lipinski definition) is 1. The van der Waals surface area contributed by atoms with Gasteiger partial charge in [-0.3, -0.25) is 25.7 Å². The number of anilines is 1. The quantitative estimate of drug-likeness (QED) is 0.371. The number of benzene rings is 1. The van der Waals surface area contributed by atoms with Crippen molar-refractivity contribution in [3.05, 3.63) is 62.7 Å². The van der Waals surface area contributed by atoms with Crippen molar-refractivity contribution < 1.29 is 9.85 Å². The van der Waals surface area contributed by atoms with Crippen molar-refractivity contribution in [1.82, 2.24) is 0 Å². The van der Waals surface area contributed by atoms with Crippen molar-refractivity contribution in [2.24, 2.45) is 5.10 Å². The van der Waals surface area contributed by atoms with Crippen LogP contribution < -0.4 is 5.43 Å². The molecule has 1 N–H and O–H groups in total. The van der Waals surface area contributed by atoms with E-state index in [1.165, 1.54) is 12.3 Å². The second-order valence-corrected chi connectivity index (χ2v) is 3.73. The number of nitrogens with one attached hydrogen (secondary N) is 1. The molecule has 8 nitrogen and oxygen atoms in total. The summed E-state index contributed by atoms with van der Waals surface area (Å²) in [6, 6.07) is 3.28. The molecule has 0 aliphatic carbocycles. The minimum absolute atomic E-state index is 0.0725. The third-order valence-electron chi connectivity index (χ3n) is 2.22. The number of nitro groups is 2. The zero-order chi connectivity index (χ0) is 15.1. The van der Waals surface area contributed by atoms with Gasteiger partial charge in [-0.15, -0.1) is 0 Å². The summed E-state index contributed by atoms with van der Waals surface area (Å²) in [6.45, 7) is 5.29. The van der Waals surface area contributed by atoms with Crippen molar-refractivity contribution in [2.45, 2.75) is 6.92 Å². The van der Waals surface area contributed by atoms with E-state index < -0.39 is 15.5 Å². The molecule has 0 aliphatic heterocycles. The van der Waals surface area contributed by atoms with Gasteiger partial charge in [0.15, 0.2) is 0 Å². The van der Waals surface area contributed by atoms with Crippen LogP contribution in [0.15, 0.2) is 47.6 Å². The molecule has 0 unspecified atom stereocenters. The van der Waals surface area contributed by atoms with Crippen LogP contribution in [0.2, 0.25) is 0 Å². The predicted molar refractivity (Wildman–Crippen MR) is 75.8 cm³/mol. The highest BCUT2D eigenvalue weighted by atomic mass is 16.6. The summed E-state index contributed by atoms with van der Waals surface area (Å²) < 4.78 is 0. The molecule has 104 valence electrons. The van der Waals surface area contributed by atoms with Crippen molar-refractivity contribution >= 4 is 23.3 Å². The fourth-order valence-electron chi connectivity index (χ4n) is 1.31. The molecule has 0 fully saturated rings. The van der Waals surface area contributed by atoms with Gasteiger partial charge in [0.25, 0.3) is 5.69 Å². The molecule has 0 atom stereocenters. The first-order valence-electron chi connectivity index (χ1n) is 5.47. The van der Waals surface area contributed by atoms with E-state index in [9.17, 15) is 20.2 Å². The zero-order valence-electron chi connectivity index (χ0n) is 10.6. The highest BCUT2D eigenvalue weighted by Gasteiger charge is 2.18. The fraction of sp³-hybridized carbons (Fsp3) is 0.0833. The van der Waals surface area contributed by atoms with E-state index in [0.717, 1.165) is 17.7 Å². The third-order valence-corrected chi connectivity index (χ3v) is 2.22. The van der Waals surface area contributed by atoms with E-state index in [0.29, 0.717) is 0 Å². The van der Waals surface area contributed by atoms with Gasteiger partial charge in [0.05, 0.1) is 22.1 Å². The normalized spacial score (nSPS) is 11.3. The molecule has 0 aromatic heterocycles. The Morgan fingerprint density at radius 3 is 2.60 bits per heavy atom. The van der Waals surface area contributed by atoms with Gasteiger partial charge >= 0.3 is 5.69 Å². The zero-order valence-corrected chi connectivity index (χ0v) is 10.6. The number of allylic oxidation sites excluding steroid dienone is 3. The Bertz CT molecular complexity index is 607. The van der Waals surface area contributed by atoms with Gasteiger partial charge in [-0.2, -0.15) is 5.10 Å². The van der Waals surface area contributed by atoms with E-state index >= 15 is 0 Å². The molecule has 0 radical (unpaired) electrons. The molecule has 0 amide bonds. The van der Waals surface area contributed by atoms with Crippen LogP contribution in [-0.2, 0) is 0 Å². The lowest BCUT2D eigenvalue weighted by atomic mass is 10.2. The molecule has 0 saturated carbocycles. The highest BCUT2D eigenvalue weighted by Crippen LogP contribution is 2.28. The molecular weight excluding hydrogens is 264 g/mol. The van der Waals surface area contributed by atoms with E-state index in [2.05, 4.69) is 17.1 Å². The summed E-state index contributed by atoms with van der Waals surface area (Å²) in [5, 5.41) is 25.3.